The molecule has 1 aromatic heterocycles. The first-order valence-electron chi connectivity index (χ1n) is 8.51. The number of rotatable bonds is 6. The molecule has 2 N–H and O–H groups in total. The zero-order valence-electron chi connectivity index (χ0n) is 15.1. The van der Waals surface area contributed by atoms with Crippen molar-refractivity contribution in [1.82, 2.24) is 14.1 Å². The number of aryl methyl sites for hydroxylation is 2. The zero-order chi connectivity index (χ0) is 19.7. The highest BCUT2D eigenvalue weighted by Gasteiger charge is 2.27. The molecule has 1 aliphatic rings. The Kier molecular flexibility index (Phi) is 5.52. The molecule has 8 nitrogen and oxygen atoms in total. The number of hydrogen-bond acceptors (Lipinski definition) is 6. The fourth-order valence-electron chi connectivity index (χ4n) is 2.86. The van der Waals surface area contributed by atoms with E-state index in [1.165, 1.54) is 22.6 Å². The van der Waals surface area contributed by atoms with E-state index in [0.717, 1.165) is 18.4 Å². The Morgan fingerprint density at radius 1 is 1.00 bits per heavy atom. The lowest BCUT2D eigenvalue weighted by atomic mass is 10.2. The lowest BCUT2D eigenvalue weighted by molar-refractivity contribution is 0.477. The SMILES string of the molecule is Cc1ccc(C)c(S(=O)(=O)NNc2ccc(S(=O)(=O)N3CCCC3)cn2)c1. The summed E-state index contributed by atoms with van der Waals surface area (Å²) in [6.45, 7) is 4.55. The van der Waals surface area contributed by atoms with Crippen LogP contribution < -0.4 is 10.3 Å². The van der Waals surface area contributed by atoms with Gasteiger partial charge in [-0.05, 0) is 56.0 Å². The molecule has 0 bridgehead atoms. The van der Waals surface area contributed by atoms with Gasteiger partial charge in [-0.2, -0.15) is 4.31 Å². The van der Waals surface area contributed by atoms with E-state index in [4.69, 9.17) is 0 Å². The molecule has 0 atom stereocenters. The zero-order valence-corrected chi connectivity index (χ0v) is 16.8. The van der Waals surface area contributed by atoms with Crippen LogP contribution >= 0.6 is 0 Å². The monoisotopic (exact) mass is 410 g/mol. The van der Waals surface area contributed by atoms with Crippen molar-refractivity contribution in [2.24, 2.45) is 0 Å². The van der Waals surface area contributed by atoms with E-state index in [0.29, 0.717) is 18.7 Å². The molecule has 1 saturated heterocycles. The van der Waals surface area contributed by atoms with Crippen molar-refractivity contribution >= 4 is 25.9 Å². The molecule has 27 heavy (non-hydrogen) atoms. The minimum Gasteiger partial charge on any atom is -0.292 e. The minimum atomic E-state index is -3.79. The third-order valence-corrected chi connectivity index (χ3v) is 7.66. The van der Waals surface area contributed by atoms with E-state index in [2.05, 4.69) is 15.2 Å². The molecule has 0 unspecified atom stereocenters. The number of aromatic nitrogens is 1. The number of hydrogen-bond donors (Lipinski definition) is 2. The number of anilines is 1. The third-order valence-electron chi connectivity index (χ3n) is 4.39. The van der Waals surface area contributed by atoms with Crippen LogP contribution in [0.1, 0.15) is 24.0 Å². The van der Waals surface area contributed by atoms with Gasteiger partial charge in [-0.25, -0.2) is 21.8 Å². The lowest BCUT2D eigenvalue weighted by Crippen LogP contribution is -2.31. The maximum Gasteiger partial charge on any atom is 0.257 e. The highest BCUT2D eigenvalue weighted by Crippen LogP contribution is 2.21. The molecule has 3 rings (SSSR count). The van der Waals surface area contributed by atoms with Crippen molar-refractivity contribution in [2.75, 3.05) is 18.5 Å². The number of nitrogens with one attached hydrogen (secondary N) is 2. The Balaban J connectivity index is 1.72. The maximum atomic E-state index is 12.5. The highest BCUT2D eigenvalue weighted by atomic mass is 32.2. The second-order valence-corrected chi connectivity index (χ2v) is 10.1. The molecule has 146 valence electrons. The molecule has 2 aromatic rings. The van der Waals surface area contributed by atoms with Crippen molar-refractivity contribution in [3.63, 3.8) is 0 Å². The van der Waals surface area contributed by atoms with Gasteiger partial charge in [0.1, 0.15) is 10.7 Å². The molecule has 2 heterocycles. The normalized spacial score (nSPS) is 15.8. The van der Waals surface area contributed by atoms with E-state index >= 15 is 0 Å². The predicted molar refractivity (Wildman–Crippen MR) is 102 cm³/mol. The molecule has 0 radical (unpaired) electrons. The first-order valence-corrected chi connectivity index (χ1v) is 11.4. The smallest absolute Gasteiger partial charge is 0.257 e. The average Bonchev–Trinajstić information content (AvgIpc) is 3.18. The maximum absolute atomic E-state index is 12.5. The second-order valence-electron chi connectivity index (χ2n) is 6.49. The van der Waals surface area contributed by atoms with Crippen LogP contribution in [0.5, 0.6) is 0 Å². The van der Waals surface area contributed by atoms with Gasteiger partial charge in [-0.15, -0.1) is 4.83 Å². The van der Waals surface area contributed by atoms with Crippen LogP contribution in [-0.2, 0) is 20.0 Å². The summed E-state index contributed by atoms with van der Waals surface area (Å²) in [5.41, 5.74) is 3.97. The predicted octanol–water partition coefficient (Wildman–Crippen LogP) is 1.79. The van der Waals surface area contributed by atoms with Gasteiger partial charge >= 0.3 is 0 Å². The fraction of sp³-hybridized carbons (Fsp3) is 0.353. The Labute approximate surface area is 159 Å². The van der Waals surface area contributed by atoms with Crippen LogP contribution in [-0.4, -0.2) is 39.2 Å². The lowest BCUT2D eigenvalue weighted by Gasteiger charge is -2.15. The molecule has 1 aliphatic heterocycles. The Morgan fingerprint density at radius 3 is 2.33 bits per heavy atom. The summed E-state index contributed by atoms with van der Waals surface area (Å²) in [7, 11) is -7.34. The number of hydrazine groups is 1. The second kappa shape index (κ2) is 7.55. The van der Waals surface area contributed by atoms with E-state index in [1.807, 2.05) is 13.0 Å². The Hall–Kier alpha value is -2.01. The summed E-state index contributed by atoms with van der Waals surface area (Å²) in [5.74, 6) is 0.198. The topological polar surface area (TPSA) is 108 Å². The quantitative estimate of drug-likeness (QED) is 0.703. The van der Waals surface area contributed by atoms with E-state index < -0.39 is 20.0 Å². The average molecular weight is 411 g/mol. The summed E-state index contributed by atoms with van der Waals surface area (Å²) in [4.78, 5) is 6.54. The molecule has 1 fully saturated rings. The van der Waals surface area contributed by atoms with E-state index in [9.17, 15) is 16.8 Å². The van der Waals surface area contributed by atoms with Crippen LogP contribution in [0.4, 0.5) is 5.82 Å². The van der Waals surface area contributed by atoms with Crippen LogP contribution in [0.2, 0.25) is 0 Å². The van der Waals surface area contributed by atoms with Gasteiger partial charge in [-0.3, -0.25) is 5.43 Å². The molecule has 10 heteroatoms. The van der Waals surface area contributed by atoms with Crippen molar-refractivity contribution in [3.05, 3.63) is 47.7 Å². The Bertz CT molecular complexity index is 1030. The molecular formula is C17H22N4O4S2. The van der Waals surface area contributed by atoms with Crippen LogP contribution in [0.15, 0.2) is 46.3 Å². The van der Waals surface area contributed by atoms with Crippen molar-refractivity contribution < 1.29 is 16.8 Å². The van der Waals surface area contributed by atoms with Crippen molar-refractivity contribution in [3.8, 4) is 0 Å². The van der Waals surface area contributed by atoms with Crippen LogP contribution in [0.25, 0.3) is 0 Å². The summed E-state index contributed by atoms with van der Waals surface area (Å²) >= 11 is 0. The van der Waals surface area contributed by atoms with Gasteiger partial charge in [0.25, 0.3) is 10.0 Å². The summed E-state index contributed by atoms with van der Waals surface area (Å²) in [5, 5.41) is 0. The van der Waals surface area contributed by atoms with Gasteiger partial charge in [0, 0.05) is 19.3 Å². The summed E-state index contributed by atoms with van der Waals surface area (Å²) in [6, 6.07) is 7.99. The van der Waals surface area contributed by atoms with Gasteiger partial charge in [0.05, 0.1) is 4.90 Å². The number of benzene rings is 1. The summed E-state index contributed by atoms with van der Waals surface area (Å²) < 4.78 is 51.3. The first-order chi connectivity index (χ1) is 12.7. The van der Waals surface area contributed by atoms with Crippen molar-refractivity contribution in [1.29, 1.82) is 0 Å². The minimum absolute atomic E-state index is 0.0901. The largest absolute Gasteiger partial charge is 0.292 e. The fourth-order valence-corrected chi connectivity index (χ4v) is 5.50. The van der Waals surface area contributed by atoms with E-state index in [1.54, 1.807) is 19.1 Å². The number of pyridine rings is 1. The number of nitrogens with zero attached hydrogens (tertiary/aromatic N) is 2. The highest BCUT2D eigenvalue weighted by molar-refractivity contribution is 7.89. The molecule has 0 spiro atoms. The van der Waals surface area contributed by atoms with Crippen LogP contribution in [0.3, 0.4) is 0 Å². The molecule has 0 aliphatic carbocycles. The van der Waals surface area contributed by atoms with Gasteiger partial charge in [0.2, 0.25) is 10.0 Å². The molecule has 0 saturated carbocycles. The number of sulfonamides is 2. The molecular weight excluding hydrogens is 388 g/mol. The summed E-state index contributed by atoms with van der Waals surface area (Å²) in [6.07, 6.45) is 2.93. The van der Waals surface area contributed by atoms with E-state index in [-0.39, 0.29) is 15.6 Å². The first kappa shape index (κ1) is 19.7. The third kappa shape index (κ3) is 4.29. The molecule has 1 aromatic carbocycles. The Morgan fingerprint density at radius 2 is 1.70 bits per heavy atom. The van der Waals surface area contributed by atoms with Crippen LogP contribution in [0, 0.1) is 13.8 Å². The van der Waals surface area contributed by atoms with Gasteiger partial charge in [0.15, 0.2) is 0 Å². The standard InChI is InChI=1S/C17H22N4O4S2/c1-13-5-6-14(2)16(11-13)26(22,23)20-19-17-8-7-15(12-18-17)27(24,25)21-9-3-4-10-21/h5-8,11-12,20H,3-4,9-10H2,1-2H3,(H,18,19). The van der Waals surface area contributed by atoms with Crippen molar-refractivity contribution in [2.45, 2.75) is 36.5 Å². The van der Waals surface area contributed by atoms with Gasteiger partial charge in [-0.1, -0.05) is 12.1 Å². The van der Waals surface area contributed by atoms with Gasteiger partial charge < -0.3 is 0 Å². The molecule has 0 amide bonds.